The third kappa shape index (κ3) is 8.18. The minimum absolute atomic E-state index is 0.0702. The largest absolute Gasteiger partial charge is 0.508 e. The number of aryl methyl sites for hydroxylation is 2. The lowest BCUT2D eigenvalue weighted by Gasteiger charge is -2.27. The fourth-order valence-corrected chi connectivity index (χ4v) is 4.18. The maximum atomic E-state index is 10.2. The molecule has 2 atom stereocenters. The molecule has 1 aliphatic rings. The van der Waals surface area contributed by atoms with Crippen LogP contribution in [0.5, 0.6) is 5.75 Å². The smallest absolute Gasteiger partial charge is 0.139 e. The minimum atomic E-state index is -0.0702. The van der Waals surface area contributed by atoms with E-state index in [1.54, 1.807) is 6.07 Å². The molecule has 6 nitrogen and oxygen atoms in total. The van der Waals surface area contributed by atoms with Crippen molar-refractivity contribution in [2.75, 3.05) is 18.5 Å². The van der Waals surface area contributed by atoms with E-state index in [0.29, 0.717) is 14.3 Å². The summed E-state index contributed by atoms with van der Waals surface area (Å²) in [5.41, 5.74) is 8.23. The molecule has 5 N–H and O–H groups in total. The van der Waals surface area contributed by atoms with E-state index in [2.05, 4.69) is 85.8 Å². The van der Waals surface area contributed by atoms with Crippen LogP contribution in [0.15, 0.2) is 73.6 Å². The van der Waals surface area contributed by atoms with E-state index in [1.807, 2.05) is 29.1 Å². The maximum Gasteiger partial charge on any atom is 0.139 e. The van der Waals surface area contributed by atoms with E-state index in [9.17, 15) is 5.11 Å². The Hall–Kier alpha value is -3.24. The van der Waals surface area contributed by atoms with Crippen LogP contribution in [0.4, 0.5) is 5.82 Å². The van der Waals surface area contributed by atoms with E-state index in [1.165, 1.54) is 35.5 Å². The lowest BCUT2D eigenvalue weighted by molar-refractivity contribution is 0.466. The molecule has 0 amide bonds. The highest BCUT2D eigenvalue weighted by atomic mass is 31.1. The number of phenolic OH excluding ortho intramolecular Hbond substituents is 1. The van der Waals surface area contributed by atoms with Gasteiger partial charge in [0.1, 0.15) is 17.4 Å². The topological polar surface area (TPSA) is 88.1 Å². The number of anilines is 1. The summed E-state index contributed by atoms with van der Waals surface area (Å²) in [4.78, 5) is 0. The van der Waals surface area contributed by atoms with Crippen molar-refractivity contribution < 1.29 is 5.11 Å². The summed E-state index contributed by atoms with van der Waals surface area (Å²) in [7, 11) is 0.667. The van der Waals surface area contributed by atoms with E-state index >= 15 is 0 Å². The first-order valence-corrected chi connectivity index (χ1v) is 13.6. The molecule has 3 aromatic rings. The molecule has 35 heavy (non-hydrogen) atoms. The van der Waals surface area contributed by atoms with Crippen molar-refractivity contribution in [2.24, 2.45) is 5.73 Å². The number of nitrogens with two attached hydrogens (primary N) is 1. The SMILES string of the molecule is C=CN.CCCCCNC1=CC(c2ccccc2O)Nc2c(PC)cnn21.Cc1ccccc1C. The van der Waals surface area contributed by atoms with Crippen LogP contribution in [0.3, 0.4) is 0 Å². The van der Waals surface area contributed by atoms with Crippen LogP contribution in [0.2, 0.25) is 0 Å². The Labute approximate surface area is 212 Å². The molecule has 4 rings (SSSR count). The average Bonchev–Trinajstić information content (AvgIpc) is 3.28. The molecule has 0 radical (unpaired) electrons. The van der Waals surface area contributed by atoms with Gasteiger partial charge in [-0.2, -0.15) is 5.10 Å². The number of hydrogen-bond acceptors (Lipinski definition) is 5. The summed E-state index contributed by atoms with van der Waals surface area (Å²) in [6.07, 6.45) is 8.84. The van der Waals surface area contributed by atoms with Crippen LogP contribution in [0, 0.1) is 13.8 Å². The zero-order valence-corrected chi connectivity index (χ0v) is 22.4. The van der Waals surface area contributed by atoms with Crippen molar-refractivity contribution in [3.8, 4) is 5.75 Å². The fraction of sp³-hybridized carbons (Fsp3) is 0.321. The lowest BCUT2D eigenvalue weighted by Crippen LogP contribution is -2.28. The Morgan fingerprint density at radius 3 is 2.34 bits per heavy atom. The first-order chi connectivity index (χ1) is 17.0. The molecule has 1 aromatic heterocycles. The molecule has 0 fully saturated rings. The van der Waals surface area contributed by atoms with E-state index in [4.69, 9.17) is 0 Å². The highest BCUT2D eigenvalue weighted by Gasteiger charge is 2.24. The maximum absolute atomic E-state index is 10.2. The average molecular weight is 494 g/mol. The number of fused-ring (bicyclic) bond motifs is 1. The molecule has 7 heteroatoms. The number of nitrogens with zero attached hydrogens (tertiary/aromatic N) is 2. The van der Waals surface area contributed by atoms with Gasteiger partial charge in [-0.25, -0.2) is 4.68 Å². The van der Waals surface area contributed by atoms with Crippen molar-refractivity contribution >= 4 is 25.5 Å². The predicted molar refractivity (Wildman–Crippen MR) is 153 cm³/mol. The van der Waals surface area contributed by atoms with Gasteiger partial charge in [0.15, 0.2) is 0 Å². The molecule has 0 spiro atoms. The second kappa shape index (κ2) is 14.9. The number of unbranched alkanes of at least 4 members (excludes halogenated alkanes) is 2. The summed E-state index contributed by atoms with van der Waals surface area (Å²) in [5, 5.41) is 23.0. The number of aromatic nitrogens is 2. The summed E-state index contributed by atoms with van der Waals surface area (Å²) >= 11 is 0. The van der Waals surface area contributed by atoms with Gasteiger partial charge in [-0.15, -0.1) is 0 Å². The predicted octanol–water partition coefficient (Wildman–Crippen LogP) is 5.66. The van der Waals surface area contributed by atoms with Crippen LogP contribution in [0.25, 0.3) is 5.82 Å². The Balaban J connectivity index is 0.000000327. The zero-order valence-electron chi connectivity index (χ0n) is 21.4. The third-order valence-electron chi connectivity index (χ3n) is 5.67. The standard InChI is InChI=1S/C18H25N4OP.C8H10.C2H5N/c1-3-4-7-10-19-17-11-14(13-8-5-6-9-15(13)23)21-18-16(24-2)12-20-22(17)18;1-7-5-3-4-6-8(7)2;1-2-3/h5-6,8-9,11-12,14,19,21,23-24H,3-4,7,10H2,1-2H3;3-6H,1-2H3;2H,1,3H2. The molecule has 188 valence electrons. The van der Waals surface area contributed by atoms with Crippen molar-refractivity contribution in [1.82, 2.24) is 15.1 Å². The van der Waals surface area contributed by atoms with Gasteiger partial charge in [0.25, 0.3) is 0 Å². The van der Waals surface area contributed by atoms with E-state index < -0.39 is 0 Å². The quantitative estimate of drug-likeness (QED) is 0.252. The molecular weight excluding hydrogens is 453 g/mol. The second-order valence-electron chi connectivity index (χ2n) is 8.26. The van der Waals surface area contributed by atoms with Crippen molar-refractivity contribution in [2.45, 2.75) is 46.1 Å². The summed E-state index contributed by atoms with van der Waals surface area (Å²) < 4.78 is 1.94. The zero-order chi connectivity index (χ0) is 25.6. The number of phenols is 1. The highest BCUT2D eigenvalue weighted by molar-refractivity contribution is 7.46. The van der Waals surface area contributed by atoms with Gasteiger partial charge in [-0.1, -0.05) is 77.4 Å². The van der Waals surface area contributed by atoms with Crippen molar-refractivity contribution in [3.05, 3.63) is 90.3 Å². The molecule has 0 saturated heterocycles. The summed E-state index contributed by atoms with van der Waals surface area (Å²) in [6, 6.07) is 15.8. The molecule has 0 aliphatic carbocycles. The molecular formula is C28H40N5OP. The van der Waals surface area contributed by atoms with E-state index in [0.717, 1.165) is 30.2 Å². The molecule has 2 aromatic carbocycles. The monoisotopic (exact) mass is 493 g/mol. The van der Waals surface area contributed by atoms with Crippen LogP contribution in [-0.4, -0.2) is 28.1 Å². The van der Waals surface area contributed by atoms with Crippen LogP contribution in [0.1, 0.15) is 48.9 Å². The van der Waals surface area contributed by atoms with Crippen LogP contribution in [-0.2, 0) is 0 Å². The fourth-order valence-electron chi connectivity index (χ4n) is 3.58. The second-order valence-corrected chi connectivity index (χ2v) is 9.29. The Kier molecular flexibility index (Phi) is 11.9. The van der Waals surface area contributed by atoms with Gasteiger partial charge in [-0.3, -0.25) is 0 Å². The Morgan fingerprint density at radius 2 is 1.77 bits per heavy atom. The number of para-hydroxylation sites is 1. The summed E-state index contributed by atoms with van der Waals surface area (Å²) in [5.74, 6) is 2.31. The van der Waals surface area contributed by atoms with Crippen molar-refractivity contribution in [1.29, 1.82) is 0 Å². The van der Waals surface area contributed by atoms with E-state index in [-0.39, 0.29) is 6.04 Å². The first kappa shape index (κ1) is 28.0. The van der Waals surface area contributed by atoms with Crippen LogP contribution >= 0.6 is 8.58 Å². The summed E-state index contributed by atoms with van der Waals surface area (Å²) in [6.45, 7) is 12.7. The van der Waals surface area contributed by atoms with Gasteiger partial charge in [0.05, 0.1) is 12.2 Å². The van der Waals surface area contributed by atoms with Crippen LogP contribution < -0.4 is 21.7 Å². The third-order valence-corrected chi connectivity index (χ3v) is 6.57. The molecule has 2 heterocycles. The number of nitrogens with one attached hydrogen (secondary N) is 2. The molecule has 0 saturated carbocycles. The number of benzene rings is 2. The van der Waals surface area contributed by atoms with Gasteiger partial charge < -0.3 is 21.5 Å². The number of aromatic hydroxyl groups is 1. The molecule has 1 aliphatic heterocycles. The molecule has 0 bridgehead atoms. The number of rotatable bonds is 7. The van der Waals surface area contributed by atoms with Gasteiger partial charge in [-0.05, 0) is 56.4 Å². The number of hydrogen-bond donors (Lipinski definition) is 4. The normalized spacial score (nSPS) is 13.9. The van der Waals surface area contributed by atoms with Gasteiger partial charge in [0.2, 0.25) is 0 Å². The minimum Gasteiger partial charge on any atom is -0.508 e. The van der Waals surface area contributed by atoms with Crippen molar-refractivity contribution in [3.63, 3.8) is 0 Å². The van der Waals surface area contributed by atoms with Gasteiger partial charge >= 0.3 is 0 Å². The highest BCUT2D eigenvalue weighted by Crippen LogP contribution is 2.33. The Bertz CT molecular complexity index is 1070. The lowest BCUT2D eigenvalue weighted by atomic mass is 10.0. The first-order valence-electron chi connectivity index (χ1n) is 12.1. The molecule has 2 unspecified atom stereocenters. The Morgan fingerprint density at radius 1 is 1.14 bits per heavy atom. The van der Waals surface area contributed by atoms with Gasteiger partial charge in [0, 0.05) is 17.4 Å².